The van der Waals surface area contributed by atoms with Crippen molar-refractivity contribution in [1.82, 2.24) is 14.7 Å². The summed E-state index contributed by atoms with van der Waals surface area (Å²) in [5, 5.41) is 9.64. The Balaban J connectivity index is 1.57. The van der Waals surface area contributed by atoms with Crippen LogP contribution in [0.1, 0.15) is 43.7 Å². The molecule has 1 N–H and O–H groups in total. The second kappa shape index (κ2) is 10.6. The Bertz CT molecular complexity index is 602. The van der Waals surface area contributed by atoms with Gasteiger partial charge in [-0.3, -0.25) is 9.80 Å². The van der Waals surface area contributed by atoms with Crippen LogP contribution in [0.4, 0.5) is 0 Å². The van der Waals surface area contributed by atoms with Crippen LogP contribution in [0.5, 0.6) is 5.75 Å². The molecule has 0 aromatic heterocycles. The van der Waals surface area contributed by atoms with Crippen LogP contribution in [0.2, 0.25) is 0 Å². The average molecular weight is 390 g/mol. The topological polar surface area (TPSA) is 39.2 Å². The van der Waals surface area contributed by atoms with Gasteiger partial charge in [-0.15, -0.1) is 0 Å². The molecule has 2 heterocycles. The predicted molar refractivity (Wildman–Crippen MR) is 115 cm³/mol. The molecule has 0 amide bonds. The van der Waals surface area contributed by atoms with E-state index in [-0.39, 0.29) is 6.61 Å². The van der Waals surface area contributed by atoms with Gasteiger partial charge >= 0.3 is 0 Å². The summed E-state index contributed by atoms with van der Waals surface area (Å²) in [6.45, 7) is 12.7. The number of piperidine rings is 1. The molecule has 1 aromatic rings. The maximum Gasteiger partial charge on any atom is 0.121 e. The van der Waals surface area contributed by atoms with E-state index in [1.165, 1.54) is 50.0 Å². The second-order valence-corrected chi connectivity index (χ2v) is 8.51. The van der Waals surface area contributed by atoms with Crippen molar-refractivity contribution in [1.29, 1.82) is 0 Å². The third kappa shape index (κ3) is 5.47. The van der Waals surface area contributed by atoms with E-state index in [2.05, 4.69) is 46.7 Å². The highest BCUT2D eigenvalue weighted by Gasteiger charge is 2.32. The largest absolute Gasteiger partial charge is 0.496 e. The van der Waals surface area contributed by atoms with Crippen LogP contribution in [-0.2, 0) is 6.54 Å². The summed E-state index contributed by atoms with van der Waals surface area (Å²) in [5.41, 5.74) is 2.53. The Hall–Kier alpha value is -1.14. The lowest BCUT2D eigenvalue weighted by Crippen LogP contribution is -2.57. The Morgan fingerprint density at radius 1 is 1.14 bits per heavy atom. The molecule has 0 bridgehead atoms. The summed E-state index contributed by atoms with van der Waals surface area (Å²) in [4.78, 5) is 7.89. The maximum atomic E-state index is 9.64. The van der Waals surface area contributed by atoms with Crippen molar-refractivity contribution in [2.24, 2.45) is 0 Å². The van der Waals surface area contributed by atoms with Crippen LogP contribution < -0.4 is 4.74 Å². The van der Waals surface area contributed by atoms with Gasteiger partial charge in [0.15, 0.2) is 0 Å². The molecule has 28 heavy (non-hydrogen) atoms. The van der Waals surface area contributed by atoms with Gasteiger partial charge in [-0.1, -0.05) is 19.1 Å². The molecule has 2 fully saturated rings. The molecule has 5 heteroatoms. The molecule has 2 saturated heterocycles. The highest BCUT2D eigenvalue weighted by Crippen LogP contribution is 2.25. The first-order chi connectivity index (χ1) is 13.6. The number of aliphatic hydroxyl groups excluding tert-OH is 1. The summed E-state index contributed by atoms with van der Waals surface area (Å²) in [6, 6.07) is 7.66. The molecule has 0 saturated carbocycles. The summed E-state index contributed by atoms with van der Waals surface area (Å²) >= 11 is 0. The number of rotatable bonds is 8. The van der Waals surface area contributed by atoms with E-state index in [0.29, 0.717) is 6.04 Å². The summed E-state index contributed by atoms with van der Waals surface area (Å²) in [5.74, 6) is 0.954. The van der Waals surface area contributed by atoms with Gasteiger partial charge in [0.05, 0.1) is 7.11 Å². The van der Waals surface area contributed by atoms with E-state index < -0.39 is 0 Å². The molecule has 5 nitrogen and oxygen atoms in total. The number of hydrogen-bond donors (Lipinski definition) is 1. The number of nitrogens with zero attached hydrogens (tertiary/aromatic N) is 3. The van der Waals surface area contributed by atoms with E-state index in [9.17, 15) is 5.11 Å². The van der Waals surface area contributed by atoms with Crippen LogP contribution in [0.25, 0.3) is 0 Å². The molecule has 3 rings (SSSR count). The Morgan fingerprint density at radius 2 is 1.93 bits per heavy atom. The van der Waals surface area contributed by atoms with Gasteiger partial charge in [0.2, 0.25) is 0 Å². The lowest BCUT2D eigenvalue weighted by atomic mass is 9.99. The molecule has 0 aliphatic carbocycles. The van der Waals surface area contributed by atoms with Crippen molar-refractivity contribution >= 4 is 0 Å². The third-order valence-electron chi connectivity index (χ3n) is 6.56. The van der Waals surface area contributed by atoms with Crippen LogP contribution in [0.15, 0.2) is 18.2 Å². The Labute approximate surface area is 171 Å². The first kappa shape index (κ1) is 21.6. The average Bonchev–Trinajstić information content (AvgIpc) is 2.70. The standard InChI is InChI=1S/C23H39N3O2/c1-4-10-24-11-7-21(8-12-24)26-14-13-25(22(18-26)9-15-27)17-20-5-6-23(28-3)19(2)16-20/h5-6,16,21-22,27H,4,7-15,17-18H2,1-3H3/t22-/m1/s1. The molecular weight excluding hydrogens is 350 g/mol. The van der Waals surface area contributed by atoms with E-state index in [4.69, 9.17) is 4.74 Å². The van der Waals surface area contributed by atoms with Crippen LogP contribution >= 0.6 is 0 Å². The SMILES string of the molecule is CCCN1CCC(N2CCN(Cc3ccc(OC)c(C)c3)[C@H](CCO)C2)CC1. The zero-order valence-corrected chi connectivity index (χ0v) is 18.1. The number of piperazine rings is 1. The minimum absolute atomic E-state index is 0.269. The van der Waals surface area contributed by atoms with Gasteiger partial charge in [0.25, 0.3) is 0 Å². The van der Waals surface area contributed by atoms with Gasteiger partial charge in [-0.2, -0.15) is 0 Å². The van der Waals surface area contributed by atoms with Gasteiger partial charge in [0.1, 0.15) is 5.75 Å². The van der Waals surface area contributed by atoms with Gasteiger partial charge in [-0.05, 0) is 69.4 Å². The lowest BCUT2D eigenvalue weighted by molar-refractivity contribution is 0.0131. The van der Waals surface area contributed by atoms with E-state index in [1.54, 1.807) is 7.11 Å². The highest BCUT2D eigenvalue weighted by atomic mass is 16.5. The number of hydrogen-bond acceptors (Lipinski definition) is 5. The molecule has 158 valence electrons. The molecule has 0 spiro atoms. The van der Waals surface area contributed by atoms with E-state index >= 15 is 0 Å². The first-order valence-corrected chi connectivity index (χ1v) is 11.1. The summed E-state index contributed by atoms with van der Waals surface area (Å²) in [7, 11) is 1.73. The van der Waals surface area contributed by atoms with Gasteiger partial charge < -0.3 is 14.7 Å². The minimum Gasteiger partial charge on any atom is -0.496 e. The van der Waals surface area contributed by atoms with Crippen LogP contribution in [0.3, 0.4) is 0 Å². The molecule has 1 atom stereocenters. The first-order valence-electron chi connectivity index (χ1n) is 11.1. The van der Waals surface area contributed by atoms with E-state index in [1.807, 2.05) is 0 Å². The second-order valence-electron chi connectivity index (χ2n) is 8.51. The molecule has 1 aromatic carbocycles. The third-order valence-corrected chi connectivity index (χ3v) is 6.56. The number of aryl methyl sites for hydroxylation is 1. The summed E-state index contributed by atoms with van der Waals surface area (Å²) < 4.78 is 5.40. The molecular formula is C23H39N3O2. The summed E-state index contributed by atoms with van der Waals surface area (Å²) in [6.07, 6.45) is 4.71. The van der Waals surface area contributed by atoms with Crippen LogP contribution in [0, 0.1) is 6.92 Å². The zero-order chi connectivity index (χ0) is 19.9. The van der Waals surface area contributed by atoms with Crippen molar-refractivity contribution < 1.29 is 9.84 Å². The van der Waals surface area contributed by atoms with Crippen molar-refractivity contribution in [2.75, 3.05) is 53.0 Å². The fourth-order valence-corrected chi connectivity index (χ4v) is 4.98. The minimum atomic E-state index is 0.269. The quantitative estimate of drug-likeness (QED) is 0.740. The Morgan fingerprint density at radius 3 is 2.57 bits per heavy atom. The number of methoxy groups -OCH3 is 1. The molecule has 0 radical (unpaired) electrons. The fraction of sp³-hybridized carbons (Fsp3) is 0.739. The predicted octanol–water partition coefficient (Wildman–Crippen LogP) is 2.75. The number of ether oxygens (including phenoxy) is 1. The van der Waals surface area contributed by atoms with Crippen molar-refractivity contribution in [2.45, 2.75) is 58.2 Å². The van der Waals surface area contributed by atoms with Crippen molar-refractivity contribution in [3.05, 3.63) is 29.3 Å². The normalized spacial score (nSPS) is 23.2. The van der Waals surface area contributed by atoms with Crippen molar-refractivity contribution in [3.63, 3.8) is 0 Å². The molecule has 2 aliphatic rings. The smallest absolute Gasteiger partial charge is 0.121 e. The zero-order valence-electron chi connectivity index (χ0n) is 18.1. The lowest BCUT2D eigenvalue weighted by Gasteiger charge is -2.46. The number of aliphatic hydroxyl groups is 1. The van der Waals surface area contributed by atoms with Gasteiger partial charge in [-0.25, -0.2) is 0 Å². The molecule has 0 unspecified atom stereocenters. The fourth-order valence-electron chi connectivity index (χ4n) is 4.98. The molecule has 2 aliphatic heterocycles. The van der Waals surface area contributed by atoms with Gasteiger partial charge in [0, 0.05) is 44.9 Å². The maximum absolute atomic E-state index is 9.64. The van der Waals surface area contributed by atoms with Crippen molar-refractivity contribution in [3.8, 4) is 5.75 Å². The highest BCUT2D eigenvalue weighted by molar-refractivity contribution is 5.36. The Kier molecular flexibility index (Phi) is 8.15. The monoisotopic (exact) mass is 389 g/mol. The van der Waals surface area contributed by atoms with E-state index in [0.717, 1.165) is 44.4 Å². The number of likely N-dealkylation sites (tertiary alicyclic amines) is 1. The van der Waals surface area contributed by atoms with Crippen LogP contribution in [-0.4, -0.2) is 84.9 Å². The number of benzene rings is 1.